The van der Waals surface area contributed by atoms with E-state index in [2.05, 4.69) is 0 Å². The summed E-state index contributed by atoms with van der Waals surface area (Å²) < 4.78 is 11.4. The molecule has 1 heterocycles. The van der Waals surface area contributed by atoms with Gasteiger partial charge in [0.1, 0.15) is 0 Å². The van der Waals surface area contributed by atoms with Crippen LogP contribution < -0.4 is 0 Å². The highest BCUT2D eigenvalue weighted by Gasteiger charge is 2.29. The number of hydrogen-bond acceptors (Lipinski definition) is 2. The van der Waals surface area contributed by atoms with Crippen LogP contribution in [0.25, 0.3) is 0 Å². The van der Waals surface area contributed by atoms with Gasteiger partial charge in [0, 0.05) is 12.3 Å². The second-order valence-corrected chi connectivity index (χ2v) is 6.09. The van der Waals surface area contributed by atoms with Crippen LogP contribution in [0, 0.1) is 0 Å². The van der Waals surface area contributed by atoms with E-state index in [0.717, 1.165) is 12.8 Å². The summed E-state index contributed by atoms with van der Waals surface area (Å²) in [7, 11) is -2.23. The summed E-state index contributed by atoms with van der Waals surface area (Å²) in [6.45, 7) is 0. The molecule has 0 bridgehead atoms. The zero-order valence-electron chi connectivity index (χ0n) is 5.75. The first kappa shape index (κ1) is 7.80. The third-order valence-electron chi connectivity index (χ3n) is 1.80. The molecule has 1 fully saturated rings. The molecule has 0 saturated carbocycles. The molecule has 0 radical (unpaired) electrons. The Morgan fingerprint density at radius 1 is 1.40 bits per heavy atom. The van der Waals surface area contributed by atoms with Gasteiger partial charge < -0.3 is 9.67 Å². The van der Waals surface area contributed by atoms with E-state index in [4.69, 9.17) is 5.11 Å². The minimum absolute atomic E-state index is 0.0903. The van der Waals surface area contributed by atoms with Crippen molar-refractivity contribution in [3.8, 4) is 0 Å². The lowest BCUT2D eigenvalue weighted by Crippen LogP contribution is -2.04. The Hall–Kier alpha value is -0.300. The van der Waals surface area contributed by atoms with Crippen LogP contribution in [-0.2, 0) is 9.36 Å². The van der Waals surface area contributed by atoms with Gasteiger partial charge in [-0.1, -0.05) is 0 Å². The third kappa shape index (κ3) is 1.84. The van der Waals surface area contributed by atoms with Gasteiger partial charge in [0.25, 0.3) is 0 Å². The summed E-state index contributed by atoms with van der Waals surface area (Å²) in [6.07, 6.45) is 3.11. The molecule has 58 valence electrons. The van der Waals surface area contributed by atoms with Crippen molar-refractivity contribution in [2.45, 2.75) is 12.8 Å². The van der Waals surface area contributed by atoms with E-state index in [9.17, 15) is 9.36 Å². The molecule has 1 rings (SSSR count). The normalized spacial score (nSPS) is 22.8. The molecule has 3 nitrogen and oxygen atoms in total. The Kier molecular flexibility index (Phi) is 2.14. The van der Waals surface area contributed by atoms with Crippen molar-refractivity contribution in [1.29, 1.82) is 0 Å². The first-order valence-corrected chi connectivity index (χ1v) is 5.68. The zero-order chi connectivity index (χ0) is 7.61. The second kappa shape index (κ2) is 2.75. The van der Waals surface area contributed by atoms with Gasteiger partial charge in [-0.05, 0) is 12.8 Å². The molecule has 10 heavy (non-hydrogen) atoms. The largest absolute Gasteiger partial charge is 0.481 e. The first-order chi connectivity index (χ1) is 4.62. The fraction of sp³-hybridized carbons (Fsp3) is 0.833. The summed E-state index contributed by atoms with van der Waals surface area (Å²) in [5, 5.41) is 8.37. The van der Waals surface area contributed by atoms with Gasteiger partial charge >= 0.3 is 5.97 Å². The van der Waals surface area contributed by atoms with Crippen molar-refractivity contribution in [1.82, 2.24) is 0 Å². The molecule has 0 aliphatic carbocycles. The topological polar surface area (TPSA) is 54.4 Å². The third-order valence-corrected chi connectivity index (χ3v) is 4.91. The molecule has 0 atom stereocenters. The quantitative estimate of drug-likeness (QED) is 0.621. The van der Waals surface area contributed by atoms with Gasteiger partial charge in [-0.2, -0.15) is 0 Å². The molecule has 0 aromatic heterocycles. The number of carboxylic acid groups (broad SMARTS) is 1. The van der Waals surface area contributed by atoms with Crippen LogP contribution in [0.5, 0.6) is 0 Å². The molecule has 1 N–H and O–H groups in total. The van der Waals surface area contributed by atoms with Crippen molar-refractivity contribution >= 4 is 13.1 Å². The minimum Gasteiger partial charge on any atom is -0.481 e. The van der Waals surface area contributed by atoms with Crippen LogP contribution in [0.15, 0.2) is 0 Å². The fourth-order valence-corrected chi connectivity index (χ4v) is 3.95. The van der Waals surface area contributed by atoms with E-state index in [1.165, 1.54) is 0 Å². The van der Waals surface area contributed by atoms with E-state index >= 15 is 0 Å². The number of rotatable bonds is 2. The Morgan fingerprint density at radius 3 is 2.30 bits per heavy atom. The SMILES string of the molecule is O=C(O)CP1(=O)CCCC1. The van der Waals surface area contributed by atoms with Crippen LogP contribution in [-0.4, -0.2) is 29.6 Å². The van der Waals surface area contributed by atoms with Gasteiger partial charge in [0.15, 0.2) is 0 Å². The molecular weight excluding hydrogens is 151 g/mol. The predicted octanol–water partition coefficient (Wildman–Crippen LogP) is 1.23. The van der Waals surface area contributed by atoms with E-state index in [0.29, 0.717) is 12.3 Å². The average molecular weight is 162 g/mol. The van der Waals surface area contributed by atoms with Gasteiger partial charge in [0.05, 0.1) is 13.3 Å². The van der Waals surface area contributed by atoms with Crippen molar-refractivity contribution < 1.29 is 14.5 Å². The Balaban J connectivity index is 2.52. The number of aliphatic carboxylic acids is 1. The van der Waals surface area contributed by atoms with Crippen molar-refractivity contribution in [2.75, 3.05) is 18.5 Å². The molecule has 0 spiro atoms. The summed E-state index contributed by atoms with van der Waals surface area (Å²) in [4.78, 5) is 10.2. The zero-order valence-corrected chi connectivity index (χ0v) is 6.64. The molecule has 4 heteroatoms. The van der Waals surface area contributed by atoms with Crippen LogP contribution in [0.1, 0.15) is 12.8 Å². The fourth-order valence-electron chi connectivity index (χ4n) is 1.32. The predicted molar refractivity (Wildman–Crippen MR) is 39.1 cm³/mol. The van der Waals surface area contributed by atoms with Crippen LogP contribution in [0.3, 0.4) is 0 Å². The van der Waals surface area contributed by atoms with Crippen LogP contribution in [0.4, 0.5) is 0 Å². The highest BCUT2D eigenvalue weighted by atomic mass is 31.2. The van der Waals surface area contributed by atoms with Gasteiger partial charge in [-0.25, -0.2) is 0 Å². The minimum atomic E-state index is -2.23. The van der Waals surface area contributed by atoms with E-state index < -0.39 is 13.1 Å². The van der Waals surface area contributed by atoms with Crippen molar-refractivity contribution in [3.63, 3.8) is 0 Å². The molecule has 0 unspecified atom stereocenters. The number of hydrogen-bond donors (Lipinski definition) is 1. The highest BCUT2D eigenvalue weighted by molar-refractivity contribution is 7.65. The van der Waals surface area contributed by atoms with Gasteiger partial charge in [-0.15, -0.1) is 0 Å². The smallest absolute Gasteiger partial charge is 0.310 e. The molecule has 1 aliphatic heterocycles. The molecular formula is C6H11O3P. The lowest BCUT2D eigenvalue weighted by molar-refractivity contribution is -0.134. The Labute approximate surface area is 59.8 Å². The molecule has 0 aromatic carbocycles. The molecule has 1 saturated heterocycles. The maximum Gasteiger partial charge on any atom is 0.310 e. The number of carboxylic acids is 1. The van der Waals surface area contributed by atoms with Crippen molar-refractivity contribution in [3.05, 3.63) is 0 Å². The monoisotopic (exact) mass is 162 g/mol. The summed E-state index contributed by atoms with van der Waals surface area (Å²) >= 11 is 0. The van der Waals surface area contributed by atoms with Crippen LogP contribution >= 0.6 is 7.14 Å². The Morgan fingerprint density at radius 2 is 1.90 bits per heavy atom. The Bertz CT molecular complexity index is 177. The standard InChI is InChI=1S/C6H11O3P/c7-6(8)5-10(9)3-1-2-4-10/h1-5H2,(H,7,8). The summed E-state index contributed by atoms with van der Waals surface area (Å²) in [5.74, 6) is -0.912. The maximum atomic E-state index is 11.4. The maximum absolute atomic E-state index is 11.4. The van der Waals surface area contributed by atoms with Gasteiger partial charge in [0.2, 0.25) is 0 Å². The number of carbonyl (C=O) groups is 1. The lowest BCUT2D eigenvalue weighted by atomic mass is 10.4. The molecule has 0 aromatic rings. The summed E-state index contributed by atoms with van der Waals surface area (Å²) in [6, 6.07) is 0. The second-order valence-electron chi connectivity index (χ2n) is 2.76. The van der Waals surface area contributed by atoms with Crippen LogP contribution in [0.2, 0.25) is 0 Å². The molecule has 0 amide bonds. The average Bonchev–Trinajstić information content (AvgIpc) is 2.12. The van der Waals surface area contributed by atoms with E-state index in [-0.39, 0.29) is 6.16 Å². The van der Waals surface area contributed by atoms with E-state index in [1.54, 1.807) is 0 Å². The van der Waals surface area contributed by atoms with Crippen molar-refractivity contribution in [2.24, 2.45) is 0 Å². The summed E-state index contributed by atoms with van der Waals surface area (Å²) in [5.41, 5.74) is 0. The highest BCUT2D eigenvalue weighted by Crippen LogP contribution is 2.51. The first-order valence-electron chi connectivity index (χ1n) is 3.41. The molecule has 1 aliphatic rings. The van der Waals surface area contributed by atoms with E-state index in [1.807, 2.05) is 0 Å². The van der Waals surface area contributed by atoms with Gasteiger partial charge in [-0.3, -0.25) is 4.79 Å². The lowest BCUT2D eigenvalue weighted by Gasteiger charge is -2.05.